The molecule has 2 heterocycles. The second-order valence-electron chi connectivity index (χ2n) is 2.96. The molecule has 0 unspecified atom stereocenters. The maximum Gasteiger partial charge on any atom is 0.238 e. The van der Waals surface area contributed by atoms with Crippen molar-refractivity contribution in [1.82, 2.24) is 9.97 Å². The van der Waals surface area contributed by atoms with Crippen molar-refractivity contribution in [2.24, 2.45) is 0 Å². The number of hydrogen-bond donors (Lipinski definition) is 1. The summed E-state index contributed by atoms with van der Waals surface area (Å²) in [6.07, 6.45) is 2.45. The highest BCUT2D eigenvalue weighted by Gasteiger charge is 2.06. The molecule has 82 valence electrons. The zero-order valence-electron chi connectivity index (χ0n) is 8.02. The normalized spacial score (nSPS) is 10.1. The van der Waals surface area contributed by atoms with E-state index in [-0.39, 0.29) is 10.9 Å². The number of aromatic nitrogens is 2. The van der Waals surface area contributed by atoms with Gasteiger partial charge in [0.2, 0.25) is 5.88 Å². The number of nitrogens with zero attached hydrogens (tertiary/aromatic N) is 2. The van der Waals surface area contributed by atoms with E-state index in [1.807, 2.05) is 0 Å². The lowest BCUT2D eigenvalue weighted by molar-refractivity contribution is 0.457. The summed E-state index contributed by atoms with van der Waals surface area (Å²) >= 11 is 5.74. The summed E-state index contributed by atoms with van der Waals surface area (Å²) in [6, 6.07) is 4.31. The summed E-state index contributed by atoms with van der Waals surface area (Å²) in [5.74, 6) is 0.406. The van der Waals surface area contributed by atoms with E-state index < -0.39 is 5.82 Å². The second-order valence-corrected chi connectivity index (χ2v) is 3.37. The Morgan fingerprint density at radius 2 is 2.06 bits per heavy atom. The molecule has 16 heavy (non-hydrogen) atoms. The highest BCUT2D eigenvalue weighted by Crippen LogP contribution is 2.26. The Morgan fingerprint density at radius 3 is 2.69 bits per heavy atom. The lowest BCUT2D eigenvalue weighted by Gasteiger charge is -2.05. The van der Waals surface area contributed by atoms with Crippen LogP contribution in [0.4, 0.5) is 10.2 Å². The van der Waals surface area contributed by atoms with Crippen LogP contribution in [0.3, 0.4) is 0 Å². The third-order valence-electron chi connectivity index (χ3n) is 1.75. The van der Waals surface area contributed by atoms with Gasteiger partial charge in [-0.05, 0) is 18.2 Å². The monoisotopic (exact) mass is 239 g/mol. The van der Waals surface area contributed by atoms with Crippen LogP contribution < -0.4 is 10.5 Å². The van der Waals surface area contributed by atoms with E-state index >= 15 is 0 Å². The number of anilines is 1. The summed E-state index contributed by atoms with van der Waals surface area (Å²) < 4.78 is 18.0. The quantitative estimate of drug-likeness (QED) is 0.875. The lowest BCUT2D eigenvalue weighted by Crippen LogP contribution is -1.93. The van der Waals surface area contributed by atoms with Crippen molar-refractivity contribution in [2.45, 2.75) is 0 Å². The first-order chi connectivity index (χ1) is 7.65. The Kier molecular flexibility index (Phi) is 2.87. The van der Waals surface area contributed by atoms with Crippen molar-refractivity contribution in [2.75, 3.05) is 5.73 Å². The Balaban J connectivity index is 2.23. The van der Waals surface area contributed by atoms with Crippen LogP contribution in [0.15, 0.2) is 30.6 Å². The van der Waals surface area contributed by atoms with E-state index in [1.54, 1.807) is 12.1 Å². The van der Waals surface area contributed by atoms with E-state index in [2.05, 4.69) is 9.97 Å². The van der Waals surface area contributed by atoms with Crippen molar-refractivity contribution in [3.63, 3.8) is 0 Å². The summed E-state index contributed by atoms with van der Waals surface area (Å²) in [4.78, 5) is 7.54. The zero-order chi connectivity index (χ0) is 11.5. The molecule has 6 heteroatoms. The largest absolute Gasteiger partial charge is 0.436 e. The zero-order valence-corrected chi connectivity index (χ0v) is 8.78. The second kappa shape index (κ2) is 4.32. The van der Waals surface area contributed by atoms with Crippen LogP contribution >= 0.6 is 11.6 Å². The fraction of sp³-hybridized carbons (Fsp3) is 0. The van der Waals surface area contributed by atoms with Gasteiger partial charge in [-0.25, -0.2) is 14.4 Å². The molecule has 0 aliphatic heterocycles. The van der Waals surface area contributed by atoms with E-state index in [9.17, 15) is 4.39 Å². The Bertz CT molecular complexity index is 504. The molecule has 0 aliphatic carbocycles. The molecule has 2 aromatic heterocycles. The average Bonchev–Trinajstić information content (AvgIpc) is 2.25. The number of pyridine rings is 2. The van der Waals surface area contributed by atoms with Crippen LogP contribution in [0.5, 0.6) is 11.6 Å². The maximum atomic E-state index is 12.7. The van der Waals surface area contributed by atoms with Gasteiger partial charge in [-0.1, -0.05) is 11.6 Å². The molecule has 0 spiro atoms. The van der Waals surface area contributed by atoms with Gasteiger partial charge in [0.25, 0.3) is 0 Å². The molecular formula is C10H7ClFN3O. The molecule has 2 aromatic rings. The Hall–Kier alpha value is -1.88. The van der Waals surface area contributed by atoms with Gasteiger partial charge in [0.15, 0.2) is 0 Å². The van der Waals surface area contributed by atoms with E-state index in [4.69, 9.17) is 22.1 Å². The maximum absolute atomic E-state index is 12.7. The Morgan fingerprint density at radius 1 is 1.25 bits per heavy atom. The number of rotatable bonds is 2. The van der Waals surface area contributed by atoms with Gasteiger partial charge < -0.3 is 10.5 Å². The minimum absolute atomic E-state index is 0.0943. The van der Waals surface area contributed by atoms with E-state index in [0.29, 0.717) is 11.6 Å². The van der Waals surface area contributed by atoms with Crippen molar-refractivity contribution in [1.29, 1.82) is 0 Å². The molecular weight excluding hydrogens is 233 g/mol. The minimum atomic E-state index is -0.521. The molecule has 0 radical (unpaired) electrons. The van der Waals surface area contributed by atoms with Crippen molar-refractivity contribution >= 4 is 17.4 Å². The van der Waals surface area contributed by atoms with Gasteiger partial charge in [-0.3, -0.25) is 0 Å². The Labute approximate surface area is 95.9 Å². The molecule has 0 aromatic carbocycles. The first-order valence-corrected chi connectivity index (χ1v) is 4.73. The highest BCUT2D eigenvalue weighted by molar-refractivity contribution is 6.31. The number of halogens is 2. The summed E-state index contributed by atoms with van der Waals surface area (Å²) in [6.45, 7) is 0. The predicted octanol–water partition coefficient (Wildman–Crippen LogP) is 2.64. The van der Waals surface area contributed by atoms with E-state index in [0.717, 1.165) is 12.3 Å². The van der Waals surface area contributed by atoms with Gasteiger partial charge in [0.1, 0.15) is 22.4 Å². The van der Waals surface area contributed by atoms with Crippen molar-refractivity contribution in [3.8, 4) is 11.6 Å². The van der Waals surface area contributed by atoms with Crippen LogP contribution in [-0.4, -0.2) is 9.97 Å². The van der Waals surface area contributed by atoms with Gasteiger partial charge in [-0.2, -0.15) is 0 Å². The third-order valence-corrected chi connectivity index (χ3v) is 2.02. The van der Waals surface area contributed by atoms with Crippen LogP contribution in [0.1, 0.15) is 0 Å². The fourth-order valence-corrected chi connectivity index (χ4v) is 1.23. The van der Waals surface area contributed by atoms with Crippen molar-refractivity contribution in [3.05, 3.63) is 41.4 Å². The molecule has 0 fully saturated rings. The molecule has 4 nitrogen and oxygen atoms in total. The van der Waals surface area contributed by atoms with Crippen LogP contribution in [0, 0.1) is 5.82 Å². The molecule has 2 N–H and O–H groups in total. The van der Waals surface area contributed by atoms with Crippen molar-refractivity contribution < 1.29 is 9.13 Å². The summed E-state index contributed by atoms with van der Waals surface area (Å²) in [5.41, 5.74) is 5.41. The first kappa shape index (κ1) is 10.6. The minimum Gasteiger partial charge on any atom is -0.436 e. The molecule has 2 rings (SSSR count). The SMILES string of the molecule is Nc1ccc(Oc2ncc(F)cc2Cl)cn1. The topological polar surface area (TPSA) is 61.0 Å². The van der Waals surface area contributed by atoms with Gasteiger partial charge >= 0.3 is 0 Å². The number of nitrogen functional groups attached to an aromatic ring is 1. The smallest absolute Gasteiger partial charge is 0.238 e. The van der Waals surface area contributed by atoms with Crippen LogP contribution in [0.2, 0.25) is 5.02 Å². The fourth-order valence-electron chi connectivity index (χ4n) is 1.04. The lowest BCUT2D eigenvalue weighted by atomic mass is 10.4. The highest BCUT2D eigenvalue weighted by atomic mass is 35.5. The van der Waals surface area contributed by atoms with Gasteiger partial charge in [0.05, 0.1) is 12.4 Å². The molecule has 0 saturated carbocycles. The van der Waals surface area contributed by atoms with Gasteiger partial charge in [0, 0.05) is 0 Å². The van der Waals surface area contributed by atoms with Gasteiger partial charge in [-0.15, -0.1) is 0 Å². The molecule has 0 amide bonds. The standard InChI is InChI=1S/C10H7ClFN3O/c11-8-3-6(12)4-15-10(8)16-7-1-2-9(13)14-5-7/h1-5H,(H2,13,14). The van der Waals surface area contributed by atoms with Crippen LogP contribution in [0.25, 0.3) is 0 Å². The third kappa shape index (κ3) is 2.38. The molecule has 0 saturated heterocycles. The molecule has 0 aliphatic rings. The average molecular weight is 240 g/mol. The van der Waals surface area contributed by atoms with E-state index in [1.165, 1.54) is 6.20 Å². The first-order valence-electron chi connectivity index (χ1n) is 4.35. The predicted molar refractivity (Wildman–Crippen MR) is 57.9 cm³/mol. The number of nitrogens with two attached hydrogens (primary N) is 1. The summed E-state index contributed by atoms with van der Waals surface area (Å²) in [7, 11) is 0. The molecule has 0 atom stereocenters. The molecule has 0 bridgehead atoms. The number of ether oxygens (including phenoxy) is 1. The van der Waals surface area contributed by atoms with Crippen LogP contribution in [-0.2, 0) is 0 Å². The summed E-state index contributed by atoms with van der Waals surface area (Å²) in [5, 5.41) is 0.0943. The number of hydrogen-bond acceptors (Lipinski definition) is 4.